The molecule has 0 amide bonds. The summed E-state index contributed by atoms with van der Waals surface area (Å²) in [5.41, 5.74) is 0. The third-order valence-corrected chi connectivity index (χ3v) is 0.654. The minimum Gasteiger partial charge on any atom is -0.495 e. The maximum Gasteiger partial charge on any atom is 0.179 e. The molecule has 0 aliphatic rings. The van der Waals surface area contributed by atoms with Crippen LogP contribution in [0.25, 0.3) is 0 Å². The van der Waals surface area contributed by atoms with Crippen molar-refractivity contribution in [2.24, 2.45) is 0 Å². The number of nitrogens with one attached hydrogen (secondary N) is 1. The summed E-state index contributed by atoms with van der Waals surface area (Å²) in [5.74, 6) is 0.252. The molecule has 0 atom stereocenters. The second-order valence-electron chi connectivity index (χ2n) is 1.25. The van der Waals surface area contributed by atoms with E-state index < -0.39 is 0 Å². The maximum atomic E-state index is 8.61. The zero-order chi connectivity index (χ0) is 5.70. The molecule has 0 aromatic heterocycles. The summed E-state index contributed by atoms with van der Waals surface area (Å²) in [6, 6.07) is 0. The lowest BCUT2D eigenvalue weighted by molar-refractivity contribution is 0.374. The molecule has 0 heterocycles. The van der Waals surface area contributed by atoms with Crippen LogP contribution in [0, 0.1) is 0 Å². The first-order chi connectivity index (χ1) is 3.31. The van der Waals surface area contributed by atoms with Crippen LogP contribution in [0.5, 0.6) is 0 Å². The third kappa shape index (κ3) is 3.16. The zero-order valence-electron chi connectivity index (χ0n) is 4.73. The van der Waals surface area contributed by atoms with E-state index in [1.807, 2.05) is 6.92 Å². The van der Waals surface area contributed by atoms with E-state index in [4.69, 9.17) is 5.11 Å². The van der Waals surface area contributed by atoms with Gasteiger partial charge in [-0.3, -0.25) is 0 Å². The molecule has 0 saturated heterocycles. The molecule has 0 aromatic rings. The number of aliphatic hydroxyl groups excluding tert-OH is 1. The van der Waals surface area contributed by atoms with Gasteiger partial charge in [-0.1, -0.05) is 6.92 Å². The normalized spacial score (nSPS) is 11.4. The van der Waals surface area contributed by atoms with Crippen molar-refractivity contribution >= 4 is 0 Å². The summed E-state index contributed by atoms with van der Waals surface area (Å²) in [4.78, 5) is 0. The first-order valence-electron chi connectivity index (χ1n) is 2.38. The van der Waals surface area contributed by atoms with Crippen LogP contribution in [0.2, 0.25) is 0 Å². The van der Waals surface area contributed by atoms with Gasteiger partial charge in [-0.25, -0.2) is 0 Å². The molecule has 2 N–H and O–H groups in total. The van der Waals surface area contributed by atoms with Crippen LogP contribution < -0.4 is 5.32 Å². The monoisotopic (exact) mass is 101 g/mol. The predicted molar refractivity (Wildman–Crippen MR) is 30.1 cm³/mol. The van der Waals surface area contributed by atoms with Gasteiger partial charge in [0.15, 0.2) is 5.88 Å². The third-order valence-electron chi connectivity index (χ3n) is 0.654. The van der Waals surface area contributed by atoms with Crippen LogP contribution in [0.4, 0.5) is 0 Å². The van der Waals surface area contributed by atoms with Crippen LogP contribution in [0.15, 0.2) is 12.0 Å². The summed E-state index contributed by atoms with van der Waals surface area (Å²) in [6.45, 7) is 1.97. The van der Waals surface area contributed by atoms with E-state index in [0.29, 0.717) is 0 Å². The van der Waals surface area contributed by atoms with Crippen LogP contribution in [-0.4, -0.2) is 12.2 Å². The molecule has 0 fully saturated rings. The Morgan fingerprint density at radius 1 is 1.86 bits per heavy atom. The van der Waals surface area contributed by atoms with Crippen molar-refractivity contribution in [3.8, 4) is 0 Å². The van der Waals surface area contributed by atoms with Gasteiger partial charge in [0, 0.05) is 7.05 Å². The molecule has 0 radical (unpaired) electrons. The largest absolute Gasteiger partial charge is 0.495 e. The Morgan fingerprint density at radius 3 is 2.57 bits per heavy atom. The molecule has 0 bridgehead atoms. The Hall–Kier alpha value is -0.660. The summed E-state index contributed by atoms with van der Waals surface area (Å²) in [6.07, 6.45) is 2.58. The van der Waals surface area contributed by atoms with Crippen molar-refractivity contribution in [2.75, 3.05) is 7.05 Å². The van der Waals surface area contributed by atoms with E-state index in [2.05, 4.69) is 5.32 Å². The van der Waals surface area contributed by atoms with Crippen molar-refractivity contribution in [1.29, 1.82) is 0 Å². The van der Waals surface area contributed by atoms with Crippen molar-refractivity contribution < 1.29 is 5.11 Å². The maximum absolute atomic E-state index is 8.61. The Labute approximate surface area is 43.9 Å². The van der Waals surface area contributed by atoms with Gasteiger partial charge >= 0.3 is 0 Å². The molecule has 0 aromatic carbocycles. The first kappa shape index (κ1) is 6.34. The van der Waals surface area contributed by atoms with E-state index in [-0.39, 0.29) is 5.88 Å². The summed E-state index contributed by atoms with van der Waals surface area (Å²) in [7, 11) is 1.68. The van der Waals surface area contributed by atoms with Crippen LogP contribution in [0.1, 0.15) is 13.3 Å². The number of aliphatic hydroxyl groups is 1. The zero-order valence-corrected chi connectivity index (χ0v) is 4.73. The smallest absolute Gasteiger partial charge is 0.179 e. The fraction of sp³-hybridized carbons (Fsp3) is 0.600. The molecule has 0 saturated carbocycles. The SMILES string of the molecule is CCC=C(O)NC. The van der Waals surface area contributed by atoms with Crippen molar-refractivity contribution in [3.05, 3.63) is 12.0 Å². The Bertz CT molecular complexity index is 68.5. The molecule has 7 heavy (non-hydrogen) atoms. The van der Waals surface area contributed by atoms with E-state index in [1.165, 1.54) is 0 Å². The van der Waals surface area contributed by atoms with E-state index in [0.717, 1.165) is 6.42 Å². The first-order valence-corrected chi connectivity index (χ1v) is 2.38. The van der Waals surface area contributed by atoms with Gasteiger partial charge in [-0.2, -0.15) is 0 Å². The second kappa shape index (κ2) is 3.53. The average molecular weight is 101 g/mol. The minimum absolute atomic E-state index is 0.252. The summed E-state index contributed by atoms with van der Waals surface area (Å²) >= 11 is 0. The van der Waals surface area contributed by atoms with Gasteiger partial charge in [0.25, 0.3) is 0 Å². The van der Waals surface area contributed by atoms with E-state index in [9.17, 15) is 0 Å². The lowest BCUT2D eigenvalue weighted by Gasteiger charge is -1.92. The van der Waals surface area contributed by atoms with Gasteiger partial charge < -0.3 is 10.4 Å². The molecule has 0 aliphatic heterocycles. The minimum atomic E-state index is 0.252. The number of rotatable bonds is 2. The standard InChI is InChI=1S/C5H11NO/c1-3-4-5(7)6-2/h4,6-7H,3H2,1-2H3. The summed E-state index contributed by atoms with van der Waals surface area (Å²) < 4.78 is 0. The quantitative estimate of drug-likeness (QED) is 0.509. The Balaban J connectivity index is 3.29. The topological polar surface area (TPSA) is 32.3 Å². The summed E-state index contributed by atoms with van der Waals surface area (Å²) in [5, 5.41) is 11.2. The highest BCUT2D eigenvalue weighted by atomic mass is 16.3. The molecule has 42 valence electrons. The molecular formula is C5H11NO. The van der Waals surface area contributed by atoms with Gasteiger partial charge in [0.05, 0.1) is 0 Å². The predicted octanol–water partition coefficient (Wildman–Crippen LogP) is 1.02. The molecular weight excluding hydrogens is 90.1 g/mol. The second-order valence-corrected chi connectivity index (χ2v) is 1.25. The molecule has 0 spiro atoms. The van der Waals surface area contributed by atoms with Crippen molar-refractivity contribution in [3.63, 3.8) is 0 Å². The fourth-order valence-electron chi connectivity index (χ4n) is 0.295. The lowest BCUT2D eigenvalue weighted by atomic mass is 10.4. The Morgan fingerprint density at radius 2 is 2.43 bits per heavy atom. The van der Waals surface area contributed by atoms with E-state index >= 15 is 0 Å². The van der Waals surface area contributed by atoms with E-state index in [1.54, 1.807) is 13.1 Å². The van der Waals surface area contributed by atoms with Gasteiger partial charge in [0.2, 0.25) is 0 Å². The van der Waals surface area contributed by atoms with Crippen molar-refractivity contribution in [1.82, 2.24) is 5.32 Å². The molecule has 2 heteroatoms. The fourth-order valence-corrected chi connectivity index (χ4v) is 0.295. The van der Waals surface area contributed by atoms with Gasteiger partial charge in [-0.15, -0.1) is 0 Å². The highest BCUT2D eigenvalue weighted by Gasteiger charge is 1.77. The molecule has 0 unspecified atom stereocenters. The van der Waals surface area contributed by atoms with Gasteiger partial charge in [-0.05, 0) is 12.5 Å². The lowest BCUT2D eigenvalue weighted by Crippen LogP contribution is -2.03. The molecule has 0 aliphatic carbocycles. The number of hydrogen-bond donors (Lipinski definition) is 2. The molecule has 0 rings (SSSR count). The van der Waals surface area contributed by atoms with Crippen LogP contribution >= 0.6 is 0 Å². The van der Waals surface area contributed by atoms with Crippen molar-refractivity contribution in [2.45, 2.75) is 13.3 Å². The molecule has 2 nitrogen and oxygen atoms in total. The average Bonchev–Trinajstić information content (AvgIpc) is 1.68. The van der Waals surface area contributed by atoms with Crippen LogP contribution in [0.3, 0.4) is 0 Å². The highest BCUT2D eigenvalue weighted by Crippen LogP contribution is 1.82. The Kier molecular flexibility index (Phi) is 3.19. The highest BCUT2D eigenvalue weighted by molar-refractivity contribution is 4.84. The van der Waals surface area contributed by atoms with Crippen LogP contribution in [-0.2, 0) is 0 Å². The number of hydrogen-bond acceptors (Lipinski definition) is 2. The number of allylic oxidation sites excluding steroid dienone is 1. The van der Waals surface area contributed by atoms with Gasteiger partial charge in [0.1, 0.15) is 0 Å².